The highest BCUT2D eigenvalue weighted by molar-refractivity contribution is 9.10. The van der Waals surface area contributed by atoms with Crippen LogP contribution in [0.4, 0.5) is 5.69 Å². The fraction of sp³-hybridized carbons (Fsp3) is 0.417. The highest BCUT2D eigenvalue weighted by atomic mass is 79.9. The fourth-order valence-electron chi connectivity index (χ4n) is 1.54. The Bertz CT molecular complexity index is 422. The summed E-state index contributed by atoms with van der Waals surface area (Å²) in [5, 5.41) is 0. The molecular weight excluding hydrogens is 270 g/mol. The zero-order valence-electron chi connectivity index (χ0n) is 9.93. The number of nitrogen functional groups attached to an aromatic ring is 1. The summed E-state index contributed by atoms with van der Waals surface area (Å²) in [7, 11) is 1.36. The van der Waals surface area contributed by atoms with Crippen LogP contribution in [0.2, 0.25) is 0 Å². The maximum atomic E-state index is 11.7. The van der Waals surface area contributed by atoms with E-state index in [0.29, 0.717) is 15.7 Å². The van der Waals surface area contributed by atoms with Gasteiger partial charge in [-0.2, -0.15) is 0 Å². The first-order valence-corrected chi connectivity index (χ1v) is 5.75. The van der Waals surface area contributed by atoms with Crippen molar-refractivity contribution in [1.29, 1.82) is 0 Å². The van der Waals surface area contributed by atoms with Crippen molar-refractivity contribution in [3.8, 4) is 0 Å². The molecule has 0 aliphatic heterocycles. The van der Waals surface area contributed by atoms with Gasteiger partial charge in [0, 0.05) is 4.47 Å². The molecule has 1 aromatic rings. The van der Waals surface area contributed by atoms with E-state index < -0.39 is 5.97 Å². The second-order valence-corrected chi connectivity index (χ2v) is 5.48. The van der Waals surface area contributed by atoms with Crippen LogP contribution in [0.25, 0.3) is 0 Å². The number of halogens is 1. The molecule has 1 rings (SSSR count). The molecule has 2 N–H and O–H groups in total. The first kappa shape index (κ1) is 13.0. The highest BCUT2D eigenvalue weighted by Crippen LogP contribution is 2.33. The molecule has 0 aromatic heterocycles. The number of nitrogens with two attached hydrogens (primary N) is 1. The van der Waals surface area contributed by atoms with E-state index in [1.54, 1.807) is 0 Å². The van der Waals surface area contributed by atoms with Gasteiger partial charge in [0.05, 0.1) is 18.4 Å². The normalized spacial score (nSPS) is 11.3. The number of benzene rings is 1. The van der Waals surface area contributed by atoms with Crippen LogP contribution < -0.4 is 5.73 Å². The molecule has 0 unspecified atom stereocenters. The number of ether oxygens (including phenoxy) is 1. The van der Waals surface area contributed by atoms with E-state index >= 15 is 0 Å². The van der Waals surface area contributed by atoms with E-state index in [9.17, 15) is 4.79 Å². The summed E-state index contributed by atoms with van der Waals surface area (Å²) in [6.45, 7) is 6.09. The first-order valence-electron chi connectivity index (χ1n) is 4.95. The van der Waals surface area contributed by atoms with Crippen LogP contribution in [0.1, 0.15) is 36.7 Å². The molecule has 0 heterocycles. The van der Waals surface area contributed by atoms with Gasteiger partial charge in [-0.05, 0) is 33.0 Å². The Balaban J connectivity index is 3.51. The number of methoxy groups -OCH3 is 1. The lowest BCUT2D eigenvalue weighted by Crippen LogP contribution is -2.19. The molecule has 0 fully saturated rings. The minimum absolute atomic E-state index is 0.154. The topological polar surface area (TPSA) is 52.3 Å². The Hall–Kier alpha value is -1.03. The van der Waals surface area contributed by atoms with Crippen LogP contribution in [0, 0.1) is 0 Å². The van der Waals surface area contributed by atoms with Gasteiger partial charge in [-0.1, -0.05) is 26.8 Å². The Labute approximate surface area is 104 Å². The van der Waals surface area contributed by atoms with Crippen molar-refractivity contribution < 1.29 is 9.53 Å². The van der Waals surface area contributed by atoms with Crippen LogP contribution in [0.3, 0.4) is 0 Å². The molecule has 0 spiro atoms. The van der Waals surface area contributed by atoms with Crippen molar-refractivity contribution >= 4 is 27.6 Å². The molecular formula is C12H16BrNO2. The zero-order chi connectivity index (χ0) is 12.5. The van der Waals surface area contributed by atoms with Gasteiger partial charge in [-0.15, -0.1) is 0 Å². The molecule has 3 nitrogen and oxygen atoms in total. The SMILES string of the molecule is COC(=O)c1c(C(C)(C)C)ccc(Br)c1N. The molecule has 0 aliphatic carbocycles. The van der Waals surface area contributed by atoms with Crippen molar-refractivity contribution in [3.05, 3.63) is 27.7 Å². The quantitative estimate of drug-likeness (QED) is 0.637. The van der Waals surface area contributed by atoms with Gasteiger partial charge in [0.15, 0.2) is 0 Å². The lowest BCUT2D eigenvalue weighted by molar-refractivity contribution is 0.0599. The minimum atomic E-state index is -0.399. The van der Waals surface area contributed by atoms with Gasteiger partial charge >= 0.3 is 5.97 Å². The van der Waals surface area contributed by atoms with Gasteiger partial charge in [-0.25, -0.2) is 4.79 Å². The van der Waals surface area contributed by atoms with Gasteiger partial charge < -0.3 is 10.5 Å². The summed E-state index contributed by atoms with van der Waals surface area (Å²) < 4.78 is 5.48. The van der Waals surface area contributed by atoms with E-state index in [-0.39, 0.29) is 5.41 Å². The third-order valence-electron chi connectivity index (χ3n) is 2.39. The van der Waals surface area contributed by atoms with Crippen LogP contribution in [0.5, 0.6) is 0 Å². The number of carbonyl (C=O) groups excluding carboxylic acids is 1. The van der Waals surface area contributed by atoms with E-state index in [2.05, 4.69) is 15.9 Å². The van der Waals surface area contributed by atoms with Gasteiger partial charge in [0.2, 0.25) is 0 Å². The third-order valence-corrected chi connectivity index (χ3v) is 3.08. The number of anilines is 1. The first-order chi connectivity index (χ1) is 7.29. The standard InChI is InChI=1S/C12H16BrNO2/c1-12(2,3)7-5-6-8(13)10(14)9(7)11(15)16-4/h5-6H,14H2,1-4H3. The Morgan fingerprint density at radius 3 is 2.38 bits per heavy atom. The van der Waals surface area contributed by atoms with Crippen LogP contribution >= 0.6 is 15.9 Å². The number of carbonyl (C=O) groups is 1. The summed E-state index contributed by atoms with van der Waals surface area (Å²) in [5.41, 5.74) is 7.52. The summed E-state index contributed by atoms with van der Waals surface area (Å²) in [6.07, 6.45) is 0. The number of hydrogen-bond acceptors (Lipinski definition) is 3. The molecule has 4 heteroatoms. The van der Waals surface area contributed by atoms with Crippen molar-refractivity contribution in [1.82, 2.24) is 0 Å². The minimum Gasteiger partial charge on any atom is -0.465 e. The molecule has 1 aromatic carbocycles. The van der Waals surface area contributed by atoms with Gasteiger partial charge in [-0.3, -0.25) is 0 Å². The van der Waals surface area contributed by atoms with Crippen LogP contribution in [-0.4, -0.2) is 13.1 Å². The molecule has 0 bridgehead atoms. The molecule has 0 saturated carbocycles. The lowest BCUT2D eigenvalue weighted by Gasteiger charge is -2.23. The van der Waals surface area contributed by atoms with Crippen molar-refractivity contribution in [2.24, 2.45) is 0 Å². The van der Waals surface area contributed by atoms with Gasteiger partial charge in [0.25, 0.3) is 0 Å². The number of hydrogen-bond donors (Lipinski definition) is 1. The second kappa shape index (κ2) is 4.45. The molecule has 88 valence electrons. The highest BCUT2D eigenvalue weighted by Gasteiger charge is 2.25. The Kier molecular flexibility index (Phi) is 3.63. The van der Waals surface area contributed by atoms with Crippen molar-refractivity contribution in [3.63, 3.8) is 0 Å². The predicted octanol–water partition coefficient (Wildman–Crippen LogP) is 3.12. The maximum absolute atomic E-state index is 11.7. The summed E-state index contributed by atoms with van der Waals surface area (Å²) in [5.74, 6) is -0.399. The maximum Gasteiger partial charge on any atom is 0.340 e. The van der Waals surface area contributed by atoms with Crippen molar-refractivity contribution in [2.45, 2.75) is 26.2 Å². The third kappa shape index (κ3) is 2.38. The van der Waals surface area contributed by atoms with Crippen LogP contribution in [-0.2, 0) is 10.2 Å². The molecule has 0 radical (unpaired) electrons. The Morgan fingerprint density at radius 1 is 1.38 bits per heavy atom. The molecule has 0 amide bonds. The largest absolute Gasteiger partial charge is 0.465 e. The Morgan fingerprint density at radius 2 is 1.94 bits per heavy atom. The average molecular weight is 286 g/mol. The van der Waals surface area contributed by atoms with E-state index in [4.69, 9.17) is 10.5 Å². The molecule has 0 aliphatic rings. The zero-order valence-corrected chi connectivity index (χ0v) is 11.5. The second-order valence-electron chi connectivity index (χ2n) is 4.63. The summed E-state index contributed by atoms with van der Waals surface area (Å²) in [6, 6.07) is 3.75. The molecule has 0 saturated heterocycles. The molecule has 16 heavy (non-hydrogen) atoms. The smallest absolute Gasteiger partial charge is 0.340 e. The number of rotatable bonds is 1. The van der Waals surface area contributed by atoms with E-state index in [1.165, 1.54) is 7.11 Å². The monoisotopic (exact) mass is 285 g/mol. The fourth-order valence-corrected chi connectivity index (χ4v) is 1.87. The summed E-state index contributed by atoms with van der Waals surface area (Å²) in [4.78, 5) is 11.7. The molecule has 0 atom stereocenters. The van der Waals surface area contributed by atoms with Crippen molar-refractivity contribution in [2.75, 3.05) is 12.8 Å². The van der Waals surface area contributed by atoms with Crippen LogP contribution in [0.15, 0.2) is 16.6 Å². The van der Waals surface area contributed by atoms with E-state index in [1.807, 2.05) is 32.9 Å². The summed E-state index contributed by atoms with van der Waals surface area (Å²) >= 11 is 3.31. The van der Waals surface area contributed by atoms with Gasteiger partial charge in [0.1, 0.15) is 0 Å². The number of esters is 1. The lowest BCUT2D eigenvalue weighted by atomic mass is 9.83. The predicted molar refractivity (Wildman–Crippen MR) is 68.6 cm³/mol. The van der Waals surface area contributed by atoms with E-state index in [0.717, 1.165) is 5.56 Å². The average Bonchev–Trinajstić information content (AvgIpc) is 2.19.